The largest absolute Gasteiger partial charge is 0.451 e. The van der Waals surface area contributed by atoms with E-state index in [4.69, 9.17) is 4.74 Å². The van der Waals surface area contributed by atoms with Gasteiger partial charge in [-0.3, -0.25) is 4.79 Å². The molecule has 0 radical (unpaired) electrons. The molecule has 1 aliphatic heterocycles. The second kappa shape index (κ2) is 5.02. The van der Waals surface area contributed by atoms with Crippen LogP contribution in [0.25, 0.3) is 0 Å². The summed E-state index contributed by atoms with van der Waals surface area (Å²) in [4.78, 5) is 24.3. The smallest absolute Gasteiger partial charge is 0.331 e. The van der Waals surface area contributed by atoms with Gasteiger partial charge in [-0.05, 0) is 98.5 Å². The van der Waals surface area contributed by atoms with Crippen LogP contribution in [0.2, 0.25) is 0 Å². The number of hydrogen-bond donors (Lipinski definition) is 0. The summed E-state index contributed by atoms with van der Waals surface area (Å²) in [6.45, 7) is 2.46. The fourth-order valence-corrected chi connectivity index (χ4v) is 9.23. The number of hydrogen-bond acceptors (Lipinski definition) is 3. The number of allylic oxidation sites excluding steroid dienone is 1. The highest BCUT2D eigenvalue weighted by atomic mass is 16.6. The van der Waals surface area contributed by atoms with Crippen LogP contribution in [-0.2, 0) is 14.3 Å². The van der Waals surface area contributed by atoms with Gasteiger partial charge in [0.15, 0.2) is 5.78 Å². The lowest BCUT2D eigenvalue weighted by Crippen LogP contribution is -2.56. The van der Waals surface area contributed by atoms with Crippen LogP contribution >= 0.6 is 0 Å². The zero-order chi connectivity index (χ0) is 18.8. The highest BCUT2D eigenvalue weighted by Crippen LogP contribution is 2.78. The molecule has 1 heterocycles. The van der Waals surface area contributed by atoms with E-state index in [1.165, 1.54) is 44.1 Å². The third-order valence-corrected chi connectivity index (χ3v) is 10.4. The van der Waals surface area contributed by atoms with Crippen molar-refractivity contribution in [2.45, 2.75) is 63.9 Å². The van der Waals surface area contributed by atoms with Gasteiger partial charge in [-0.1, -0.05) is 12.5 Å². The predicted octanol–water partition coefficient (Wildman–Crippen LogP) is 4.47. The molecule has 3 heteroatoms. The number of carbonyl (C=O) groups is 2. The Balaban J connectivity index is 1.33. The first-order valence-electron chi connectivity index (χ1n) is 11.7. The van der Waals surface area contributed by atoms with Crippen molar-refractivity contribution in [1.82, 2.24) is 0 Å². The highest BCUT2D eigenvalue weighted by Gasteiger charge is 2.78. The summed E-state index contributed by atoms with van der Waals surface area (Å²) in [5, 5.41) is 0. The summed E-state index contributed by atoms with van der Waals surface area (Å²) in [5.74, 6) is 6.11. The van der Waals surface area contributed by atoms with E-state index in [0.717, 1.165) is 42.4 Å². The fourth-order valence-electron chi connectivity index (χ4n) is 9.23. The molecule has 3 nitrogen and oxygen atoms in total. The molecular weight excluding hydrogens is 348 g/mol. The normalized spacial score (nSPS) is 55.9. The minimum absolute atomic E-state index is 0.114. The van der Waals surface area contributed by atoms with Gasteiger partial charge in [-0.15, -0.1) is 0 Å². The van der Waals surface area contributed by atoms with E-state index in [9.17, 15) is 9.59 Å². The van der Waals surface area contributed by atoms with Gasteiger partial charge in [0, 0.05) is 23.8 Å². The van der Waals surface area contributed by atoms with E-state index in [1.54, 1.807) is 6.08 Å². The summed E-state index contributed by atoms with van der Waals surface area (Å²) in [7, 11) is 0. The summed E-state index contributed by atoms with van der Waals surface area (Å²) in [6.07, 6.45) is 15.4. The Kier molecular flexibility index (Phi) is 2.94. The van der Waals surface area contributed by atoms with Gasteiger partial charge in [-0.2, -0.15) is 0 Å². The Morgan fingerprint density at radius 2 is 1.93 bits per heavy atom. The number of rotatable bonds is 1. The number of ether oxygens (including phenoxy) is 1. The summed E-state index contributed by atoms with van der Waals surface area (Å²) in [5.41, 5.74) is 1.31. The SMILES string of the molecule is C[C@]12CCC3C(C(C4CC4)CC4=CC(=O)CC[C@@H]43)C1C1CC1[C@@]21C=CC(=O)O1. The summed E-state index contributed by atoms with van der Waals surface area (Å²) >= 11 is 0. The molecule has 7 aliphatic rings. The van der Waals surface area contributed by atoms with Gasteiger partial charge in [0.25, 0.3) is 0 Å². The molecule has 0 amide bonds. The first-order valence-corrected chi connectivity index (χ1v) is 11.7. The fraction of sp³-hybridized carbons (Fsp3) is 0.760. The van der Waals surface area contributed by atoms with E-state index in [-0.39, 0.29) is 17.0 Å². The van der Waals surface area contributed by atoms with Crippen molar-refractivity contribution in [2.24, 2.45) is 52.8 Å². The Morgan fingerprint density at radius 3 is 2.68 bits per heavy atom. The lowest BCUT2D eigenvalue weighted by Gasteiger charge is -2.59. The van der Waals surface area contributed by atoms with Crippen molar-refractivity contribution in [3.63, 3.8) is 0 Å². The highest BCUT2D eigenvalue weighted by molar-refractivity contribution is 5.91. The first kappa shape index (κ1) is 16.4. The summed E-state index contributed by atoms with van der Waals surface area (Å²) < 4.78 is 6.14. The molecule has 9 atom stereocenters. The Hall–Kier alpha value is -1.38. The second-order valence-electron chi connectivity index (χ2n) is 11.3. The quantitative estimate of drug-likeness (QED) is 0.632. The second-order valence-corrected chi connectivity index (χ2v) is 11.3. The van der Waals surface area contributed by atoms with E-state index >= 15 is 0 Å². The maximum Gasteiger partial charge on any atom is 0.331 e. The van der Waals surface area contributed by atoms with Crippen LogP contribution in [0.3, 0.4) is 0 Å². The Morgan fingerprint density at radius 1 is 1.07 bits per heavy atom. The molecule has 0 aromatic heterocycles. The maximum atomic E-state index is 12.1. The van der Waals surface area contributed by atoms with Gasteiger partial charge in [0.1, 0.15) is 5.60 Å². The third-order valence-electron chi connectivity index (χ3n) is 10.4. The van der Waals surface area contributed by atoms with Gasteiger partial charge >= 0.3 is 5.97 Å². The van der Waals surface area contributed by atoms with Crippen molar-refractivity contribution >= 4 is 11.8 Å². The van der Waals surface area contributed by atoms with E-state index in [0.29, 0.717) is 23.5 Å². The topological polar surface area (TPSA) is 43.4 Å². The molecule has 28 heavy (non-hydrogen) atoms. The van der Waals surface area contributed by atoms with Crippen molar-refractivity contribution in [1.29, 1.82) is 0 Å². The minimum atomic E-state index is -0.308. The van der Waals surface area contributed by atoms with Crippen LogP contribution in [-0.4, -0.2) is 17.4 Å². The van der Waals surface area contributed by atoms with Gasteiger partial charge < -0.3 is 4.74 Å². The molecule has 6 aliphatic carbocycles. The Labute approximate surface area is 167 Å². The molecular formula is C25H30O3. The van der Waals surface area contributed by atoms with Crippen LogP contribution in [0.15, 0.2) is 23.8 Å². The Bertz CT molecular complexity index is 850. The molecule has 0 bridgehead atoms. The van der Waals surface area contributed by atoms with E-state index in [1.807, 2.05) is 6.08 Å². The number of esters is 1. The molecule has 148 valence electrons. The first-order chi connectivity index (χ1) is 13.5. The molecule has 1 spiro atoms. The lowest BCUT2D eigenvalue weighted by atomic mass is 9.46. The van der Waals surface area contributed by atoms with Crippen molar-refractivity contribution in [2.75, 3.05) is 0 Å². The van der Waals surface area contributed by atoms with E-state index in [2.05, 4.69) is 13.0 Å². The molecule has 0 aromatic rings. The molecule has 0 aromatic carbocycles. The molecule has 0 N–H and O–H groups in total. The van der Waals surface area contributed by atoms with Gasteiger partial charge in [-0.25, -0.2) is 4.79 Å². The van der Waals surface area contributed by atoms with Crippen LogP contribution in [0.1, 0.15) is 58.3 Å². The minimum Gasteiger partial charge on any atom is -0.451 e. The standard InChI is InChI=1S/C25H30O3/c1-24-8-6-17-16-5-4-15(26)10-14(16)11-18(13-2-3-13)22(17)23(24)19-12-20(19)25(24)9-7-21(27)28-25/h7,9-10,13,16-20,22-23H,2-6,8,11-12H2,1H3/t16-,17?,18?,19?,20?,22?,23?,24-,25-/m0/s1. The van der Waals surface area contributed by atoms with E-state index < -0.39 is 0 Å². The predicted molar refractivity (Wildman–Crippen MR) is 104 cm³/mol. The average molecular weight is 379 g/mol. The van der Waals surface area contributed by atoms with Crippen molar-refractivity contribution in [3.8, 4) is 0 Å². The monoisotopic (exact) mass is 378 g/mol. The molecule has 5 saturated carbocycles. The maximum absolute atomic E-state index is 12.1. The zero-order valence-electron chi connectivity index (χ0n) is 16.7. The summed E-state index contributed by atoms with van der Waals surface area (Å²) in [6, 6.07) is 0. The van der Waals surface area contributed by atoms with Crippen LogP contribution < -0.4 is 0 Å². The van der Waals surface area contributed by atoms with Gasteiger partial charge in [0.05, 0.1) is 0 Å². The molecule has 7 rings (SSSR count). The van der Waals surface area contributed by atoms with Crippen molar-refractivity contribution < 1.29 is 14.3 Å². The zero-order valence-corrected chi connectivity index (χ0v) is 16.7. The van der Waals surface area contributed by atoms with Crippen LogP contribution in [0.4, 0.5) is 0 Å². The van der Waals surface area contributed by atoms with Gasteiger partial charge in [0.2, 0.25) is 0 Å². The number of carbonyl (C=O) groups excluding carboxylic acids is 2. The van der Waals surface area contributed by atoms with Crippen LogP contribution in [0, 0.1) is 52.8 Å². The number of ketones is 1. The third kappa shape index (κ3) is 1.83. The molecule has 6 unspecified atom stereocenters. The van der Waals surface area contributed by atoms with Crippen LogP contribution in [0.5, 0.6) is 0 Å². The number of fused-ring (bicyclic) bond motifs is 9. The molecule has 5 fully saturated rings. The molecule has 0 saturated heterocycles. The van der Waals surface area contributed by atoms with Crippen molar-refractivity contribution in [3.05, 3.63) is 23.8 Å². The average Bonchev–Trinajstić information content (AvgIpc) is 3.59. The lowest BCUT2D eigenvalue weighted by molar-refractivity contribution is -0.170.